The van der Waals surface area contributed by atoms with Gasteiger partial charge in [-0.1, -0.05) is 6.92 Å². The van der Waals surface area contributed by atoms with Crippen molar-refractivity contribution >= 4 is 21.8 Å². The van der Waals surface area contributed by atoms with Crippen LogP contribution in [-0.4, -0.2) is 39.7 Å². The van der Waals surface area contributed by atoms with E-state index in [1.807, 2.05) is 30.7 Å². The zero-order valence-corrected chi connectivity index (χ0v) is 12.8. The van der Waals surface area contributed by atoms with Crippen molar-refractivity contribution < 1.29 is 9.90 Å². The lowest BCUT2D eigenvalue weighted by Crippen LogP contribution is -2.39. The minimum absolute atomic E-state index is 0.0143. The summed E-state index contributed by atoms with van der Waals surface area (Å²) in [4.78, 5) is 14.1. The zero-order valence-electron chi connectivity index (χ0n) is 11.2. The summed E-state index contributed by atoms with van der Waals surface area (Å²) in [6.45, 7) is 7.16. The molecule has 1 aromatic rings. The third kappa shape index (κ3) is 3.59. The Balaban J connectivity index is 3.00. The number of aryl methyl sites for hydroxylation is 1. The summed E-state index contributed by atoms with van der Waals surface area (Å²) in [6.07, 6.45) is 2.90. The Kier molecular flexibility index (Phi) is 5.88. The van der Waals surface area contributed by atoms with E-state index in [1.165, 1.54) is 0 Å². The standard InChI is InChI=1S/C13H21BrN2O2/c1-4-5-15-9-11(14)8-12(15)13(18)16(6-7-17)10(2)3/h8-10,17H,4-7H2,1-3H3. The first-order valence-electron chi connectivity index (χ1n) is 6.28. The molecule has 0 saturated carbocycles. The molecule has 5 heteroatoms. The van der Waals surface area contributed by atoms with Crippen LogP contribution in [0.1, 0.15) is 37.7 Å². The fourth-order valence-corrected chi connectivity index (χ4v) is 2.39. The van der Waals surface area contributed by atoms with Crippen LogP contribution in [0.4, 0.5) is 0 Å². The van der Waals surface area contributed by atoms with E-state index in [-0.39, 0.29) is 18.6 Å². The molecule has 1 N–H and O–H groups in total. The number of halogens is 1. The fraction of sp³-hybridized carbons (Fsp3) is 0.615. The van der Waals surface area contributed by atoms with Crippen molar-refractivity contribution in [2.24, 2.45) is 0 Å². The van der Waals surface area contributed by atoms with E-state index in [1.54, 1.807) is 4.90 Å². The van der Waals surface area contributed by atoms with E-state index in [0.717, 1.165) is 17.4 Å². The average Bonchev–Trinajstić information content (AvgIpc) is 2.66. The summed E-state index contributed by atoms with van der Waals surface area (Å²) >= 11 is 3.41. The third-order valence-corrected chi connectivity index (χ3v) is 3.21. The smallest absolute Gasteiger partial charge is 0.270 e. The van der Waals surface area contributed by atoms with Gasteiger partial charge in [-0.15, -0.1) is 0 Å². The SMILES string of the molecule is CCCn1cc(Br)cc1C(=O)N(CCO)C(C)C. The van der Waals surface area contributed by atoms with Gasteiger partial charge in [-0.25, -0.2) is 0 Å². The van der Waals surface area contributed by atoms with Gasteiger partial charge in [0.05, 0.1) is 6.61 Å². The minimum Gasteiger partial charge on any atom is -0.395 e. The van der Waals surface area contributed by atoms with Crippen molar-refractivity contribution in [1.82, 2.24) is 9.47 Å². The predicted molar refractivity (Wildman–Crippen MR) is 75.7 cm³/mol. The number of amides is 1. The first kappa shape index (κ1) is 15.2. The van der Waals surface area contributed by atoms with Gasteiger partial charge in [-0.05, 0) is 42.3 Å². The number of aliphatic hydroxyl groups is 1. The Morgan fingerprint density at radius 1 is 1.56 bits per heavy atom. The Hall–Kier alpha value is -0.810. The van der Waals surface area contributed by atoms with Crippen LogP contribution in [0.5, 0.6) is 0 Å². The second kappa shape index (κ2) is 6.95. The molecule has 0 saturated heterocycles. The Morgan fingerprint density at radius 3 is 2.72 bits per heavy atom. The molecule has 0 unspecified atom stereocenters. The van der Waals surface area contributed by atoms with Gasteiger partial charge in [0, 0.05) is 29.8 Å². The van der Waals surface area contributed by atoms with Gasteiger partial charge in [-0.2, -0.15) is 0 Å². The number of carbonyl (C=O) groups is 1. The lowest BCUT2D eigenvalue weighted by molar-refractivity contribution is 0.0654. The highest BCUT2D eigenvalue weighted by atomic mass is 79.9. The molecule has 0 aliphatic heterocycles. The average molecular weight is 317 g/mol. The molecule has 1 heterocycles. The predicted octanol–water partition coefficient (Wildman–Crippen LogP) is 2.50. The van der Waals surface area contributed by atoms with Crippen LogP contribution in [0.2, 0.25) is 0 Å². The van der Waals surface area contributed by atoms with Crippen molar-refractivity contribution in [2.75, 3.05) is 13.2 Å². The number of carbonyl (C=O) groups excluding carboxylic acids is 1. The molecule has 0 bridgehead atoms. The van der Waals surface area contributed by atoms with Gasteiger partial charge in [-0.3, -0.25) is 4.79 Å². The molecule has 102 valence electrons. The largest absolute Gasteiger partial charge is 0.395 e. The second-order valence-corrected chi connectivity index (χ2v) is 5.47. The fourth-order valence-electron chi connectivity index (χ4n) is 1.93. The third-order valence-electron chi connectivity index (χ3n) is 2.77. The molecule has 4 nitrogen and oxygen atoms in total. The normalized spacial score (nSPS) is 11.0. The molecule has 1 aromatic heterocycles. The minimum atomic E-state index is -0.0294. The highest BCUT2D eigenvalue weighted by molar-refractivity contribution is 9.10. The number of aromatic nitrogens is 1. The molecule has 1 amide bonds. The number of aliphatic hydroxyl groups excluding tert-OH is 1. The highest BCUT2D eigenvalue weighted by Gasteiger charge is 2.21. The van der Waals surface area contributed by atoms with Crippen LogP contribution in [-0.2, 0) is 6.54 Å². The zero-order chi connectivity index (χ0) is 13.7. The highest BCUT2D eigenvalue weighted by Crippen LogP contribution is 2.18. The van der Waals surface area contributed by atoms with Gasteiger partial charge in [0.15, 0.2) is 0 Å². The molecule has 0 fully saturated rings. The van der Waals surface area contributed by atoms with Crippen molar-refractivity contribution in [3.63, 3.8) is 0 Å². The van der Waals surface area contributed by atoms with Crippen molar-refractivity contribution in [3.8, 4) is 0 Å². The maximum Gasteiger partial charge on any atom is 0.270 e. The van der Waals surface area contributed by atoms with E-state index in [9.17, 15) is 4.79 Å². The molecule has 0 aliphatic rings. The topological polar surface area (TPSA) is 45.5 Å². The molecule has 0 aliphatic carbocycles. The van der Waals surface area contributed by atoms with Crippen LogP contribution in [0.25, 0.3) is 0 Å². The van der Waals surface area contributed by atoms with Crippen LogP contribution < -0.4 is 0 Å². The molecule has 0 radical (unpaired) electrons. The van der Waals surface area contributed by atoms with Crippen LogP contribution in [0.15, 0.2) is 16.7 Å². The molecule has 0 aromatic carbocycles. The second-order valence-electron chi connectivity index (χ2n) is 4.55. The lowest BCUT2D eigenvalue weighted by atomic mass is 10.2. The van der Waals surface area contributed by atoms with E-state index >= 15 is 0 Å². The Morgan fingerprint density at radius 2 is 2.22 bits per heavy atom. The summed E-state index contributed by atoms with van der Waals surface area (Å²) < 4.78 is 2.87. The first-order chi connectivity index (χ1) is 8.51. The number of hydrogen-bond acceptors (Lipinski definition) is 2. The summed E-state index contributed by atoms with van der Waals surface area (Å²) in [5, 5.41) is 9.05. The number of hydrogen-bond donors (Lipinski definition) is 1. The number of nitrogens with zero attached hydrogens (tertiary/aromatic N) is 2. The summed E-state index contributed by atoms with van der Waals surface area (Å²) in [7, 11) is 0. The van der Waals surface area contributed by atoms with E-state index in [2.05, 4.69) is 22.9 Å². The summed E-state index contributed by atoms with van der Waals surface area (Å²) in [5.41, 5.74) is 0.672. The van der Waals surface area contributed by atoms with Crippen LogP contribution in [0, 0.1) is 0 Å². The molecule has 0 spiro atoms. The van der Waals surface area contributed by atoms with Crippen molar-refractivity contribution in [1.29, 1.82) is 0 Å². The quantitative estimate of drug-likeness (QED) is 0.876. The Labute approximate surface area is 117 Å². The van der Waals surface area contributed by atoms with Crippen molar-refractivity contribution in [3.05, 3.63) is 22.4 Å². The van der Waals surface area contributed by atoms with E-state index in [4.69, 9.17) is 5.11 Å². The maximum atomic E-state index is 12.5. The van der Waals surface area contributed by atoms with Crippen LogP contribution in [0.3, 0.4) is 0 Å². The molecular weight excluding hydrogens is 296 g/mol. The van der Waals surface area contributed by atoms with Gasteiger partial charge in [0.2, 0.25) is 0 Å². The van der Waals surface area contributed by atoms with Crippen LogP contribution >= 0.6 is 15.9 Å². The Bertz CT molecular complexity index is 402. The first-order valence-corrected chi connectivity index (χ1v) is 7.08. The van der Waals surface area contributed by atoms with Gasteiger partial charge in [0.1, 0.15) is 5.69 Å². The molecule has 18 heavy (non-hydrogen) atoms. The van der Waals surface area contributed by atoms with Crippen molar-refractivity contribution in [2.45, 2.75) is 39.8 Å². The van der Waals surface area contributed by atoms with E-state index < -0.39 is 0 Å². The number of rotatable bonds is 6. The summed E-state index contributed by atoms with van der Waals surface area (Å²) in [6, 6.07) is 1.92. The maximum absolute atomic E-state index is 12.5. The van der Waals surface area contributed by atoms with Gasteiger partial charge in [0.25, 0.3) is 5.91 Å². The van der Waals surface area contributed by atoms with E-state index in [0.29, 0.717) is 12.2 Å². The van der Waals surface area contributed by atoms with Gasteiger partial charge < -0.3 is 14.6 Å². The molecule has 1 rings (SSSR count). The molecule has 0 atom stereocenters. The monoisotopic (exact) mass is 316 g/mol. The van der Waals surface area contributed by atoms with Gasteiger partial charge >= 0.3 is 0 Å². The summed E-state index contributed by atoms with van der Waals surface area (Å²) in [5.74, 6) is -0.0294. The lowest BCUT2D eigenvalue weighted by Gasteiger charge is -2.26. The molecular formula is C13H21BrN2O2.